The Morgan fingerprint density at radius 1 is 0.971 bits per heavy atom. The van der Waals surface area contributed by atoms with Gasteiger partial charge in [0.15, 0.2) is 0 Å². The molecule has 1 atom stereocenters. The van der Waals surface area contributed by atoms with Crippen LogP contribution in [0.1, 0.15) is 11.3 Å². The third kappa shape index (κ3) is 4.63. The van der Waals surface area contributed by atoms with Crippen molar-refractivity contribution in [2.45, 2.75) is 19.4 Å². The average molecular weight is 451 g/mol. The molecule has 0 amide bonds. The topological polar surface area (TPSA) is 97.0 Å². The number of nitrogens with zero attached hydrogens (tertiary/aromatic N) is 2. The van der Waals surface area contributed by atoms with E-state index in [4.69, 9.17) is 15.5 Å². The molecule has 0 aliphatic carbocycles. The van der Waals surface area contributed by atoms with Gasteiger partial charge in [-0.3, -0.25) is 10.1 Å². The summed E-state index contributed by atoms with van der Waals surface area (Å²) >= 11 is 0. The number of aromatic amines is 1. The quantitative estimate of drug-likeness (QED) is 0.314. The predicted octanol–water partition coefficient (Wildman–Crippen LogP) is 5.25. The Morgan fingerprint density at radius 2 is 1.82 bits per heavy atom. The standard InChI is InChI=1S/C28H26N4O2/c1-18-25-14-20(10-11-27(25)32-31-18)26-15-24(16-30-28(26)21-8-5-9-23(33)13-21)34-17-22(29)12-19-6-3-2-4-7-19/h2-11,13-16,22,33H,12,17,29H2,1H3,(H,31,32)/t22-/m1/s1. The van der Waals surface area contributed by atoms with Gasteiger partial charge in [0.25, 0.3) is 0 Å². The summed E-state index contributed by atoms with van der Waals surface area (Å²) in [6, 6.07) is 25.3. The fourth-order valence-corrected chi connectivity index (χ4v) is 4.12. The number of aromatic hydroxyl groups is 1. The van der Waals surface area contributed by atoms with Gasteiger partial charge >= 0.3 is 0 Å². The van der Waals surface area contributed by atoms with Crippen LogP contribution >= 0.6 is 0 Å². The summed E-state index contributed by atoms with van der Waals surface area (Å²) < 4.78 is 6.06. The maximum Gasteiger partial charge on any atom is 0.138 e. The van der Waals surface area contributed by atoms with Crippen LogP contribution in [-0.4, -0.2) is 32.9 Å². The molecule has 5 aromatic rings. The molecule has 5 rings (SSSR count). The minimum atomic E-state index is -0.137. The molecule has 0 aliphatic rings. The molecule has 0 aliphatic heterocycles. The van der Waals surface area contributed by atoms with Crippen LogP contribution in [0.25, 0.3) is 33.3 Å². The van der Waals surface area contributed by atoms with Crippen LogP contribution in [0.3, 0.4) is 0 Å². The van der Waals surface area contributed by atoms with E-state index in [9.17, 15) is 5.11 Å². The number of fused-ring (bicyclic) bond motifs is 1. The van der Waals surface area contributed by atoms with Crippen LogP contribution in [-0.2, 0) is 6.42 Å². The van der Waals surface area contributed by atoms with Crippen molar-refractivity contribution in [3.05, 3.63) is 96.3 Å². The third-order valence-corrected chi connectivity index (χ3v) is 5.85. The lowest BCUT2D eigenvalue weighted by Crippen LogP contribution is -2.30. The van der Waals surface area contributed by atoms with Crippen LogP contribution in [0.4, 0.5) is 0 Å². The Balaban J connectivity index is 1.47. The first-order chi connectivity index (χ1) is 16.6. The van der Waals surface area contributed by atoms with Crippen molar-refractivity contribution >= 4 is 10.9 Å². The van der Waals surface area contributed by atoms with Crippen molar-refractivity contribution in [1.29, 1.82) is 0 Å². The van der Waals surface area contributed by atoms with Gasteiger partial charge in [0.2, 0.25) is 0 Å². The van der Waals surface area contributed by atoms with Crippen LogP contribution in [0.15, 0.2) is 85.1 Å². The number of nitrogens with two attached hydrogens (primary N) is 1. The molecule has 0 bridgehead atoms. The highest BCUT2D eigenvalue weighted by atomic mass is 16.5. The van der Waals surface area contributed by atoms with Crippen molar-refractivity contribution in [1.82, 2.24) is 15.2 Å². The number of hydrogen-bond acceptors (Lipinski definition) is 5. The summed E-state index contributed by atoms with van der Waals surface area (Å²) in [7, 11) is 0. The number of rotatable bonds is 7. The number of pyridine rings is 1. The lowest BCUT2D eigenvalue weighted by atomic mass is 9.97. The molecule has 0 spiro atoms. The lowest BCUT2D eigenvalue weighted by molar-refractivity contribution is 0.287. The zero-order valence-electron chi connectivity index (χ0n) is 18.9. The van der Waals surface area contributed by atoms with Crippen molar-refractivity contribution in [2.75, 3.05) is 6.61 Å². The maximum absolute atomic E-state index is 10.0. The lowest BCUT2D eigenvalue weighted by Gasteiger charge is -2.16. The molecular weight excluding hydrogens is 424 g/mol. The molecule has 6 heteroatoms. The van der Waals surface area contributed by atoms with Gasteiger partial charge in [-0.2, -0.15) is 5.10 Å². The molecule has 6 nitrogen and oxygen atoms in total. The van der Waals surface area contributed by atoms with Crippen LogP contribution in [0, 0.1) is 6.92 Å². The van der Waals surface area contributed by atoms with Crippen molar-refractivity contribution in [2.24, 2.45) is 5.73 Å². The molecule has 0 fully saturated rings. The number of phenolic OH excluding ortho intramolecular Hbond substituents is 1. The van der Waals surface area contributed by atoms with Gasteiger partial charge in [0, 0.05) is 22.6 Å². The Hall–Kier alpha value is -4.16. The minimum absolute atomic E-state index is 0.137. The number of nitrogens with one attached hydrogen (secondary N) is 1. The molecule has 0 unspecified atom stereocenters. The monoisotopic (exact) mass is 450 g/mol. The molecule has 0 saturated heterocycles. The summed E-state index contributed by atoms with van der Waals surface area (Å²) in [6.45, 7) is 2.35. The third-order valence-electron chi connectivity index (χ3n) is 5.85. The molecule has 4 N–H and O–H groups in total. The summed E-state index contributed by atoms with van der Waals surface area (Å²) in [6.07, 6.45) is 2.44. The van der Waals surface area contributed by atoms with Gasteiger partial charge in [-0.1, -0.05) is 48.5 Å². The predicted molar refractivity (Wildman–Crippen MR) is 135 cm³/mol. The van der Waals surface area contributed by atoms with Crippen molar-refractivity contribution in [3.63, 3.8) is 0 Å². The van der Waals surface area contributed by atoms with Gasteiger partial charge in [0.05, 0.1) is 23.1 Å². The summed E-state index contributed by atoms with van der Waals surface area (Å²) in [5, 5.41) is 18.4. The zero-order valence-corrected chi connectivity index (χ0v) is 18.9. The van der Waals surface area contributed by atoms with E-state index in [1.165, 1.54) is 5.56 Å². The van der Waals surface area contributed by atoms with E-state index in [0.29, 0.717) is 12.4 Å². The first kappa shape index (κ1) is 21.7. The number of hydrogen-bond donors (Lipinski definition) is 3. The van der Waals surface area contributed by atoms with E-state index in [-0.39, 0.29) is 11.8 Å². The number of aromatic nitrogens is 3. The Morgan fingerprint density at radius 3 is 2.65 bits per heavy atom. The van der Waals surface area contributed by atoms with E-state index < -0.39 is 0 Å². The van der Waals surface area contributed by atoms with Crippen LogP contribution < -0.4 is 10.5 Å². The number of aryl methyl sites for hydroxylation is 1. The molecule has 2 heterocycles. The maximum atomic E-state index is 10.0. The average Bonchev–Trinajstić information content (AvgIpc) is 3.23. The van der Waals surface area contributed by atoms with E-state index in [1.807, 2.05) is 55.5 Å². The van der Waals surface area contributed by atoms with Crippen LogP contribution in [0.2, 0.25) is 0 Å². The highest BCUT2D eigenvalue weighted by Gasteiger charge is 2.14. The summed E-state index contributed by atoms with van der Waals surface area (Å²) in [4.78, 5) is 4.72. The molecule has 2 aromatic heterocycles. The number of ether oxygens (including phenoxy) is 1. The van der Waals surface area contributed by atoms with Gasteiger partial charge in [-0.25, -0.2) is 0 Å². The first-order valence-corrected chi connectivity index (χ1v) is 11.2. The number of H-pyrrole nitrogens is 1. The van der Waals surface area contributed by atoms with E-state index >= 15 is 0 Å². The smallest absolute Gasteiger partial charge is 0.138 e. The van der Waals surface area contributed by atoms with E-state index in [1.54, 1.807) is 18.3 Å². The number of benzene rings is 3. The van der Waals surface area contributed by atoms with Crippen molar-refractivity contribution in [3.8, 4) is 33.9 Å². The summed E-state index contributed by atoms with van der Waals surface area (Å²) in [5.74, 6) is 0.838. The van der Waals surface area contributed by atoms with Gasteiger partial charge in [-0.05, 0) is 54.8 Å². The molecule has 170 valence electrons. The van der Waals surface area contributed by atoms with Gasteiger partial charge < -0.3 is 15.6 Å². The van der Waals surface area contributed by atoms with E-state index in [2.05, 4.69) is 28.4 Å². The van der Waals surface area contributed by atoms with Crippen LogP contribution in [0.5, 0.6) is 11.5 Å². The fraction of sp³-hybridized carbons (Fsp3) is 0.143. The Kier molecular flexibility index (Phi) is 5.97. The normalized spacial score (nSPS) is 12.1. The fourth-order valence-electron chi connectivity index (χ4n) is 4.12. The molecule has 0 radical (unpaired) electrons. The Bertz CT molecular complexity index is 1430. The highest BCUT2D eigenvalue weighted by molar-refractivity contribution is 5.90. The van der Waals surface area contributed by atoms with Gasteiger partial charge in [-0.15, -0.1) is 0 Å². The zero-order chi connectivity index (χ0) is 23.5. The second-order valence-electron chi connectivity index (χ2n) is 8.45. The number of phenols is 1. The first-order valence-electron chi connectivity index (χ1n) is 11.2. The molecular formula is C28H26N4O2. The molecule has 34 heavy (non-hydrogen) atoms. The largest absolute Gasteiger partial charge is 0.508 e. The highest BCUT2D eigenvalue weighted by Crippen LogP contribution is 2.35. The second kappa shape index (κ2) is 9.37. The van der Waals surface area contributed by atoms with E-state index in [0.717, 1.165) is 45.4 Å². The molecule has 3 aromatic carbocycles. The second-order valence-corrected chi connectivity index (χ2v) is 8.45. The SMILES string of the molecule is Cc1n[nH]c2ccc(-c3cc(OC[C@H](N)Cc4ccccc4)cnc3-c3cccc(O)c3)cc12. The molecule has 0 saturated carbocycles. The van der Waals surface area contributed by atoms with Gasteiger partial charge in [0.1, 0.15) is 18.1 Å². The minimum Gasteiger partial charge on any atom is -0.508 e. The Labute approximate surface area is 198 Å². The van der Waals surface area contributed by atoms with Crippen molar-refractivity contribution < 1.29 is 9.84 Å². The summed E-state index contributed by atoms with van der Waals surface area (Å²) in [5.41, 5.74) is 12.9.